The molecule has 0 aliphatic heterocycles. The Hall–Kier alpha value is -3.65. The van der Waals surface area contributed by atoms with E-state index in [1.807, 2.05) is 0 Å². The van der Waals surface area contributed by atoms with E-state index in [1.165, 1.54) is 23.4 Å². The number of halogens is 1. The van der Waals surface area contributed by atoms with Crippen molar-refractivity contribution in [1.82, 2.24) is 15.6 Å². The maximum Gasteiger partial charge on any atom is 0.287 e. The number of nitrogens with zero attached hydrogens (tertiary/aromatic N) is 2. The Balaban J connectivity index is 1.65. The maximum atomic E-state index is 13.6. The highest BCUT2D eigenvalue weighted by Crippen LogP contribution is 2.29. The average molecular weight is 481 g/mol. The van der Waals surface area contributed by atoms with Crippen molar-refractivity contribution in [3.05, 3.63) is 83.5 Å². The minimum Gasteiger partial charge on any atom is -0.459 e. The Labute approximate surface area is 202 Å². The predicted octanol–water partition coefficient (Wildman–Crippen LogP) is 3.89. The number of aromatic nitrogens is 1. The van der Waals surface area contributed by atoms with Crippen molar-refractivity contribution in [2.75, 3.05) is 11.4 Å². The molecule has 3 aromatic rings. The topological polar surface area (TPSA) is 105 Å². The molecule has 4 rings (SSSR count). The lowest BCUT2D eigenvalue weighted by Crippen LogP contribution is -2.49. The third-order valence-corrected chi connectivity index (χ3v) is 5.98. The minimum absolute atomic E-state index is 0.0619. The molecule has 0 radical (unpaired) electrons. The molecule has 2 heterocycles. The predicted molar refractivity (Wildman–Crippen MR) is 127 cm³/mol. The Bertz CT molecular complexity index is 1110. The number of hydrogen-bond acceptors (Lipinski definition) is 5. The van der Waals surface area contributed by atoms with Gasteiger partial charge in [0, 0.05) is 17.3 Å². The number of carbonyl (C=O) groups is 3. The molecule has 0 saturated heterocycles. The number of furan rings is 1. The lowest BCUT2D eigenvalue weighted by Gasteiger charge is -2.32. The molecule has 176 valence electrons. The molecule has 2 aromatic heterocycles. The van der Waals surface area contributed by atoms with Crippen molar-refractivity contribution in [1.29, 1.82) is 0 Å². The van der Waals surface area contributed by atoms with E-state index < -0.39 is 17.9 Å². The van der Waals surface area contributed by atoms with E-state index in [-0.39, 0.29) is 24.3 Å². The van der Waals surface area contributed by atoms with Crippen molar-refractivity contribution >= 4 is 35.0 Å². The van der Waals surface area contributed by atoms with Crippen LogP contribution in [-0.4, -0.2) is 35.3 Å². The van der Waals surface area contributed by atoms with Gasteiger partial charge in [0.2, 0.25) is 11.8 Å². The van der Waals surface area contributed by atoms with Gasteiger partial charge in [0.1, 0.15) is 6.04 Å². The van der Waals surface area contributed by atoms with Gasteiger partial charge >= 0.3 is 0 Å². The number of anilines is 1. The molecule has 34 heavy (non-hydrogen) atoms. The van der Waals surface area contributed by atoms with Crippen LogP contribution in [0.25, 0.3) is 0 Å². The molecule has 8 nitrogen and oxygen atoms in total. The van der Waals surface area contributed by atoms with Crippen LogP contribution in [0.5, 0.6) is 0 Å². The first-order valence-electron chi connectivity index (χ1n) is 11.1. The van der Waals surface area contributed by atoms with Gasteiger partial charge in [0.15, 0.2) is 5.76 Å². The number of amides is 3. The largest absolute Gasteiger partial charge is 0.459 e. The third kappa shape index (κ3) is 5.63. The molecule has 3 amide bonds. The highest BCUT2D eigenvalue weighted by atomic mass is 35.5. The van der Waals surface area contributed by atoms with Crippen molar-refractivity contribution in [3.63, 3.8) is 0 Å². The van der Waals surface area contributed by atoms with E-state index >= 15 is 0 Å². The second-order valence-electron chi connectivity index (χ2n) is 8.08. The summed E-state index contributed by atoms with van der Waals surface area (Å²) in [5.41, 5.74) is 1.02. The Morgan fingerprint density at radius 2 is 1.85 bits per heavy atom. The van der Waals surface area contributed by atoms with Gasteiger partial charge in [-0.25, -0.2) is 0 Å². The second kappa shape index (κ2) is 11.0. The highest BCUT2D eigenvalue weighted by molar-refractivity contribution is 6.30. The third-order valence-electron chi connectivity index (χ3n) is 5.73. The van der Waals surface area contributed by atoms with Crippen LogP contribution in [0.1, 0.15) is 47.8 Å². The van der Waals surface area contributed by atoms with E-state index in [0.29, 0.717) is 16.3 Å². The molecule has 0 bridgehead atoms. The van der Waals surface area contributed by atoms with Gasteiger partial charge in [0.05, 0.1) is 24.7 Å². The summed E-state index contributed by atoms with van der Waals surface area (Å²) >= 11 is 6.08. The number of benzene rings is 1. The summed E-state index contributed by atoms with van der Waals surface area (Å²) in [5, 5.41) is 6.18. The fraction of sp³-hybridized carbons (Fsp3) is 0.280. The van der Waals surface area contributed by atoms with Gasteiger partial charge in [-0.15, -0.1) is 0 Å². The average Bonchev–Trinajstić information content (AvgIpc) is 3.57. The van der Waals surface area contributed by atoms with Crippen LogP contribution >= 0.6 is 11.6 Å². The van der Waals surface area contributed by atoms with E-state index in [2.05, 4.69) is 15.6 Å². The number of hydrogen-bond donors (Lipinski definition) is 2. The smallest absolute Gasteiger partial charge is 0.287 e. The van der Waals surface area contributed by atoms with Crippen LogP contribution in [0.15, 0.2) is 71.6 Å². The van der Waals surface area contributed by atoms with Gasteiger partial charge in [-0.1, -0.05) is 36.6 Å². The van der Waals surface area contributed by atoms with Gasteiger partial charge < -0.3 is 15.1 Å². The summed E-state index contributed by atoms with van der Waals surface area (Å²) in [5.74, 6) is -1.21. The Morgan fingerprint density at radius 1 is 1.09 bits per heavy atom. The lowest BCUT2D eigenvalue weighted by molar-refractivity contribution is -0.126. The van der Waals surface area contributed by atoms with Crippen LogP contribution in [0.4, 0.5) is 5.69 Å². The van der Waals surface area contributed by atoms with Crippen molar-refractivity contribution < 1.29 is 18.8 Å². The number of pyridine rings is 1. The van der Waals surface area contributed by atoms with E-state index in [0.717, 1.165) is 25.7 Å². The highest BCUT2D eigenvalue weighted by Gasteiger charge is 2.34. The van der Waals surface area contributed by atoms with Gasteiger partial charge in [-0.2, -0.15) is 0 Å². The van der Waals surface area contributed by atoms with Crippen LogP contribution in [-0.2, 0) is 9.59 Å². The van der Waals surface area contributed by atoms with Gasteiger partial charge in [-0.05, 0) is 54.8 Å². The molecule has 2 N–H and O–H groups in total. The van der Waals surface area contributed by atoms with Crippen LogP contribution in [0.2, 0.25) is 5.02 Å². The molecule has 1 aliphatic carbocycles. The minimum atomic E-state index is -0.977. The molecule has 0 unspecified atom stereocenters. The van der Waals surface area contributed by atoms with Crippen molar-refractivity contribution in [2.45, 2.75) is 37.8 Å². The van der Waals surface area contributed by atoms with Crippen molar-refractivity contribution in [3.8, 4) is 0 Å². The van der Waals surface area contributed by atoms with Gasteiger partial charge in [0.25, 0.3) is 5.91 Å². The molecule has 1 saturated carbocycles. The summed E-state index contributed by atoms with van der Waals surface area (Å²) in [6.07, 6.45) is 8.39. The Kier molecular flexibility index (Phi) is 7.59. The van der Waals surface area contributed by atoms with Crippen molar-refractivity contribution in [2.24, 2.45) is 0 Å². The molecule has 9 heteroatoms. The first-order chi connectivity index (χ1) is 16.5. The summed E-state index contributed by atoms with van der Waals surface area (Å²) in [6, 6.07) is 12.4. The molecule has 0 spiro atoms. The Morgan fingerprint density at radius 3 is 2.50 bits per heavy atom. The quantitative estimate of drug-likeness (QED) is 0.509. The maximum absolute atomic E-state index is 13.6. The first kappa shape index (κ1) is 23.5. The number of rotatable bonds is 8. The molecular weight excluding hydrogens is 456 g/mol. The van der Waals surface area contributed by atoms with Gasteiger partial charge in [-0.3, -0.25) is 24.3 Å². The zero-order valence-corrected chi connectivity index (χ0v) is 19.2. The first-order valence-corrected chi connectivity index (χ1v) is 11.5. The second-order valence-corrected chi connectivity index (χ2v) is 8.52. The lowest BCUT2D eigenvalue weighted by atomic mass is 10.0. The fourth-order valence-electron chi connectivity index (χ4n) is 4.08. The fourth-order valence-corrected chi connectivity index (χ4v) is 4.21. The van der Waals surface area contributed by atoms with E-state index in [1.54, 1.807) is 48.7 Å². The monoisotopic (exact) mass is 480 g/mol. The normalized spacial score (nSPS) is 14.4. The SMILES string of the molecule is O=C(NCC(=O)N(c1cccnc1)[C@@H](C(=O)NC1CCCC1)c1ccc(Cl)cc1)c1ccco1. The van der Waals surface area contributed by atoms with E-state index in [9.17, 15) is 14.4 Å². The molecule has 1 atom stereocenters. The van der Waals surface area contributed by atoms with Crippen LogP contribution < -0.4 is 15.5 Å². The van der Waals surface area contributed by atoms with E-state index in [4.69, 9.17) is 16.0 Å². The molecule has 1 aliphatic rings. The summed E-state index contributed by atoms with van der Waals surface area (Å²) in [6.45, 7) is -0.338. The molecular formula is C25H25ClN4O4. The number of carbonyl (C=O) groups excluding carboxylic acids is 3. The zero-order chi connectivity index (χ0) is 23.9. The molecule has 1 aromatic carbocycles. The summed E-state index contributed by atoms with van der Waals surface area (Å²) < 4.78 is 5.09. The summed E-state index contributed by atoms with van der Waals surface area (Å²) in [7, 11) is 0. The van der Waals surface area contributed by atoms with Crippen LogP contribution in [0, 0.1) is 0 Å². The standard InChI is InChI=1S/C25H25ClN4O4/c26-18-11-9-17(10-12-18)23(25(33)29-19-5-1-2-6-19)30(20-7-3-13-27-15-20)22(31)16-28-24(32)21-8-4-14-34-21/h3-4,7-15,19,23H,1-2,5-6,16H2,(H,28,32)(H,29,33)/t23-/m1/s1. The summed E-state index contributed by atoms with van der Waals surface area (Å²) in [4.78, 5) is 44.9. The van der Waals surface area contributed by atoms with Crippen LogP contribution in [0.3, 0.4) is 0 Å². The zero-order valence-electron chi connectivity index (χ0n) is 18.4. The molecule has 1 fully saturated rings. The number of nitrogens with one attached hydrogen (secondary N) is 2.